The van der Waals surface area contributed by atoms with Gasteiger partial charge in [0.25, 0.3) is 0 Å². The van der Waals surface area contributed by atoms with Gasteiger partial charge in [-0.3, -0.25) is 0 Å². The Morgan fingerprint density at radius 1 is 1.00 bits per heavy atom. The van der Waals surface area contributed by atoms with Crippen molar-refractivity contribution in [3.8, 4) is 0 Å². The number of hydrogen-bond acceptors (Lipinski definition) is 1. The number of hydrogen-bond donors (Lipinski definition) is 0. The Hall–Kier alpha value is -0.180. The molecule has 0 amide bonds. The molecule has 0 saturated heterocycles. The highest BCUT2D eigenvalue weighted by Crippen LogP contribution is 2.12. The zero-order valence-electron chi connectivity index (χ0n) is 8.75. The molecule has 0 saturated carbocycles. The molecule has 0 fully saturated rings. The zero-order chi connectivity index (χ0) is 10.9. The van der Waals surface area contributed by atoms with Gasteiger partial charge in [0.15, 0.2) is 0 Å². The second kappa shape index (κ2) is 8.03. The molecular weight excluding hydrogens is 228 g/mol. The summed E-state index contributed by atoms with van der Waals surface area (Å²) < 4.78 is 4.59. The highest BCUT2D eigenvalue weighted by Gasteiger charge is 1.94. The van der Waals surface area contributed by atoms with Crippen LogP contribution in [0.1, 0.15) is 31.2 Å². The van der Waals surface area contributed by atoms with Crippen LogP contribution in [0.3, 0.4) is 0 Å². The van der Waals surface area contributed by atoms with Gasteiger partial charge in [-0.05, 0) is 37.0 Å². The van der Waals surface area contributed by atoms with Crippen molar-refractivity contribution in [2.24, 2.45) is 0 Å². The first kappa shape index (κ1) is 12.9. The summed E-state index contributed by atoms with van der Waals surface area (Å²) in [7, 11) is 0. The molecular formula is C12H16ClOS. The number of halogens is 1. The van der Waals surface area contributed by atoms with E-state index in [0.717, 1.165) is 17.9 Å². The molecule has 15 heavy (non-hydrogen) atoms. The molecule has 0 aliphatic rings. The molecule has 0 aliphatic carbocycles. The van der Waals surface area contributed by atoms with Gasteiger partial charge in [0.1, 0.15) is 0 Å². The molecule has 0 aromatic heterocycles. The summed E-state index contributed by atoms with van der Waals surface area (Å²) >= 11 is 10.2. The van der Waals surface area contributed by atoms with Gasteiger partial charge < -0.3 is 4.18 Å². The largest absolute Gasteiger partial charge is 0.303 e. The van der Waals surface area contributed by atoms with E-state index in [0.29, 0.717) is 6.61 Å². The summed E-state index contributed by atoms with van der Waals surface area (Å²) in [5.74, 6) is 0. The van der Waals surface area contributed by atoms with Crippen LogP contribution in [0.2, 0.25) is 5.02 Å². The average Bonchev–Trinajstić information content (AvgIpc) is 2.26. The van der Waals surface area contributed by atoms with Crippen LogP contribution in [0.5, 0.6) is 0 Å². The first-order valence-electron chi connectivity index (χ1n) is 5.32. The van der Waals surface area contributed by atoms with E-state index in [-0.39, 0.29) is 0 Å². The van der Waals surface area contributed by atoms with E-state index in [9.17, 15) is 0 Å². The highest BCUT2D eigenvalue weighted by molar-refractivity contribution is 7.75. The van der Waals surface area contributed by atoms with E-state index in [4.69, 9.17) is 11.6 Å². The smallest absolute Gasteiger partial charge is 0.0925 e. The van der Waals surface area contributed by atoms with Crippen LogP contribution in [0.15, 0.2) is 24.3 Å². The highest BCUT2D eigenvalue weighted by atomic mass is 35.5. The predicted molar refractivity (Wildman–Crippen MR) is 67.2 cm³/mol. The van der Waals surface area contributed by atoms with E-state index < -0.39 is 0 Å². The van der Waals surface area contributed by atoms with Gasteiger partial charge in [-0.15, -0.1) is 0 Å². The molecule has 1 rings (SSSR count). The first-order valence-corrected chi connectivity index (χ1v) is 6.03. The average molecular weight is 244 g/mol. The van der Waals surface area contributed by atoms with Crippen molar-refractivity contribution < 1.29 is 4.18 Å². The fourth-order valence-electron chi connectivity index (χ4n) is 1.49. The number of rotatable bonds is 7. The zero-order valence-corrected chi connectivity index (χ0v) is 10.3. The Labute approximate surface area is 102 Å². The van der Waals surface area contributed by atoms with Gasteiger partial charge in [0.2, 0.25) is 0 Å². The van der Waals surface area contributed by atoms with Gasteiger partial charge in [0.05, 0.1) is 19.5 Å². The molecule has 1 aromatic carbocycles. The Bertz CT molecular complexity index is 261. The van der Waals surface area contributed by atoms with E-state index in [1.54, 1.807) is 0 Å². The van der Waals surface area contributed by atoms with Crippen molar-refractivity contribution in [2.45, 2.75) is 32.1 Å². The summed E-state index contributed by atoms with van der Waals surface area (Å²) in [6.07, 6.45) is 5.86. The van der Waals surface area contributed by atoms with Gasteiger partial charge in [-0.2, -0.15) is 0 Å². The Morgan fingerprint density at radius 3 is 2.33 bits per heavy atom. The van der Waals surface area contributed by atoms with Gasteiger partial charge in [-0.1, -0.05) is 36.6 Å². The maximum absolute atomic E-state index is 5.81. The lowest BCUT2D eigenvalue weighted by Crippen LogP contribution is -1.88. The summed E-state index contributed by atoms with van der Waals surface area (Å²) in [5.41, 5.74) is 1.36. The molecule has 0 N–H and O–H groups in total. The second-order valence-electron chi connectivity index (χ2n) is 3.61. The van der Waals surface area contributed by atoms with Crippen LogP contribution in [0.25, 0.3) is 0 Å². The van der Waals surface area contributed by atoms with Crippen LogP contribution >= 0.6 is 24.5 Å². The van der Waals surface area contributed by atoms with Crippen LogP contribution in [0, 0.1) is 0 Å². The monoisotopic (exact) mass is 243 g/mol. The summed E-state index contributed by atoms with van der Waals surface area (Å²) in [5, 5.41) is 0.807. The molecule has 0 bridgehead atoms. The summed E-state index contributed by atoms with van der Waals surface area (Å²) in [4.78, 5) is 0. The lowest BCUT2D eigenvalue weighted by atomic mass is 10.1. The Kier molecular flexibility index (Phi) is 6.90. The predicted octanol–water partition coefficient (Wildman–Crippen LogP) is 4.57. The number of unbranched alkanes of at least 4 members (excludes halogenated alkanes) is 3. The molecule has 1 radical (unpaired) electrons. The molecule has 0 aliphatic heterocycles. The lowest BCUT2D eigenvalue weighted by Gasteiger charge is -2.01. The van der Waals surface area contributed by atoms with Gasteiger partial charge in [0, 0.05) is 5.02 Å². The molecule has 0 heterocycles. The normalized spacial score (nSPS) is 10.5. The molecule has 1 aromatic rings. The van der Waals surface area contributed by atoms with Crippen molar-refractivity contribution >= 4 is 24.5 Å². The topological polar surface area (TPSA) is 9.23 Å². The van der Waals surface area contributed by atoms with Gasteiger partial charge >= 0.3 is 0 Å². The maximum atomic E-state index is 5.81. The van der Waals surface area contributed by atoms with Crippen LogP contribution in [-0.4, -0.2) is 6.61 Å². The Balaban J connectivity index is 2.07. The molecule has 0 unspecified atom stereocenters. The molecule has 1 nitrogen and oxygen atoms in total. The third kappa shape index (κ3) is 6.08. The lowest BCUT2D eigenvalue weighted by molar-refractivity contribution is 0.362. The minimum Gasteiger partial charge on any atom is -0.303 e. The summed E-state index contributed by atoms with van der Waals surface area (Å²) in [6.45, 7) is 0.705. The Morgan fingerprint density at radius 2 is 1.67 bits per heavy atom. The third-order valence-electron chi connectivity index (χ3n) is 2.36. The molecule has 3 heteroatoms. The van der Waals surface area contributed by atoms with E-state index in [1.165, 1.54) is 24.8 Å². The second-order valence-corrected chi connectivity index (χ2v) is 4.28. The molecule has 83 valence electrons. The first-order chi connectivity index (χ1) is 7.33. The standard InChI is InChI=1S/C12H16ClOS/c13-12-8-6-11(7-9-12)5-3-1-2-4-10-14-15/h6-9H,1-5,10H2. The van der Waals surface area contributed by atoms with Crippen molar-refractivity contribution in [1.29, 1.82) is 0 Å². The molecule has 0 spiro atoms. The van der Waals surface area contributed by atoms with Crippen molar-refractivity contribution in [3.05, 3.63) is 34.9 Å². The molecule has 0 atom stereocenters. The van der Waals surface area contributed by atoms with E-state index >= 15 is 0 Å². The van der Waals surface area contributed by atoms with E-state index in [1.807, 2.05) is 12.1 Å². The maximum Gasteiger partial charge on any atom is 0.0925 e. The fraction of sp³-hybridized carbons (Fsp3) is 0.500. The van der Waals surface area contributed by atoms with Crippen molar-refractivity contribution in [3.63, 3.8) is 0 Å². The SMILES string of the molecule is [S]OCCCCCCc1ccc(Cl)cc1. The third-order valence-corrected chi connectivity index (χ3v) is 2.78. The minimum atomic E-state index is 0.705. The quantitative estimate of drug-likeness (QED) is 0.638. The van der Waals surface area contributed by atoms with Gasteiger partial charge in [-0.25, -0.2) is 0 Å². The van der Waals surface area contributed by atoms with Crippen molar-refractivity contribution in [2.75, 3.05) is 6.61 Å². The number of benzene rings is 1. The number of aryl methyl sites for hydroxylation is 1. The van der Waals surface area contributed by atoms with E-state index in [2.05, 4.69) is 29.2 Å². The fourth-order valence-corrected chi connectivity index (χ4v) is 1.74. The van der Waals surface area contributed by atoms with Crippen LogP contribution < -0.4 is 0 Å². The minimum absolute atomic E-state index is 0.705. The van der Waals surface area contributed by atoms with Crippen LogP contribution in [-0.2, 0) is 10.6 Å². The van der Waals surface area contributed by atoms with Crippen molar-refractivity contribution in [1.82, 2.24) is 0 Å². The summed E-state index contributed by atoms with van der Waals surface area (Å²) in [6, 6.07) is 8.08. The van der Waals surface area contributed by atoms with Crippen LogP contribution in [0.4, 0.5) is 0 Å².